The number of ether oxygens (including phenoxy) is 1. The van der Waals surface area contributed by atoms with Crippen LogP contribution in [0.5, 0.6) is 5.75 Å². The molecule has 12 heavy (non-hydrogen) atoms. The van der Waals surface area contributed by atoms with E-state index in [4.69, 9.17) is 16.3 Å². The lowest BCUT2D eigenvalue weighted by Crippen LogP contribution is -2.14. The Morgan fingerprint density at radius 2 is 2.33 bits per heavy atom. The van der Waals surface area contributed by atoms with Crippen LogP contribution in [0.25, 0.3) is 0 Å². The minimum absolute atomic E-state index is 0.575. The van der Waals surface area contributed by atoms with E-state index in [1.54, 1.807) is 0 Å². The van der Waals surface area contributed by atoms with E-state index < -0.39 is 0 Å². The van der Waals surface area contributed by atoms with Gasteiger partial charge in [0.15, 0.2) is 12.5 Å². The molecule has 0 bridgehead atoms. The molecule has 1 aromatic carbocycles. The topological polar surface area (TPSA) is 12.5 Å². The predicted octanol–water partition coefficient (Wildman–Crippen LogP) is 2.89. The summed E-state index contributed by atoms with van der Waals surface area (Å²) < 4.78 is 6.35. The number of rotatable bonds is 0. The van der Waals surface area contributed by atoms with Crippen molar-refractivity contribution in [2.24, 2.45) is 0 Å². The zero-order valence-electron chi connectivity index (χ0n) is 6.47. The van der Waals surface area contributed by atoms with Gasteiger partial charge in [-0.3, -0.25) is 0 Å². The summed E-state index contributed by atoms with van der Waals surface area (Å²) in [5.41, 5.74) is 1.04. The summed E-state index contributed by atoms with van der Waals surface area (Å²) in [6, 6.07) is 3.83. The first-order valence-electron chi connectivity index (χ1n) is 3.51. The number of benzene rings is 1. The fourth-order valence-electron chi connectivity index (χ4n) is 1.20. The molecular weight excluding hydrogens is 241 g/mol. The van der Waals surface area contributed by atoms with Crippen LogP contribution in [0.2, 0.25) is 5.02 Å². The first kappa shape index (κ1) is 8.20. The van der Waals surface area contributed by atoms with Gasteiger partial charge in [-0.05, 0) is 12.1 Å². The van der Waals surface area contributed by atoms with E-state index >= 15 is 0 Å². The highest BCUT2D eigenvalue weighted by Crippen LogP contribution is 2.41. The van der Waals surface area contributed by atoms with E-state index in [9.17, 15) is 0 Å². The van der Waals surface area contributed by atoms with Crippen molar-refractivity contribution in [2.45, 2.75) is 0 Å². The SMILES string of the molecule is CN1COc2c(Cl)cc(Br)cc21. The number of hydrogen-bond acceptors (Lipinski definition) is 2. The quantitative estimate of drug-likeness (QED) is 0.700. The summed E-state index contributed by atoms with van der Waals surface area (Å²) in [5.74, 6) is 0.780. The van der Waals surface area contributed by atoms with Crippen LogP contribution < -0.4 is 9.64 Å². The summed E-state index contributed by atoms with van der Waals surface area (Å²) >= 11 is 9.34. The van der Waals surface area contributed by atoms with Gasteiger partial charge in [0.2, 0.25) is 0 Å². The largest absolute Gasteiger partial charge is 0.469 e. The second-order valence-corrected chi connectivity index (χ2v) is 4.03. The van der Waals surface area contributed by atoms with Gasteiger partial charge >= 0.3 is 0 Å². The fourth-order valence-corrected chi connectivity index (χ4v) is 2.05. The van der Waals surface area contributed by atoms with Gasteiger partial charge in [-0.15, -0.1) is 0 Å². The minimum atomic E-state index is 0.575. The van der Waals surface area contributed by atoms with E-state index in [1.807, 2.05) is 24.1 Å². The van der Waals surface area contributed by atoms with Crippen molar-refractivity contribution in [3.63, 3.8) is 0 Å². The lowest BCUT2D eigenvalue weighted by atomic mass is 10.3. The van der Waals surface area contributed by atoms with Gasteiger partial charge in [0.05, 0.1) is 10.7 Å². The zero-order valence-corrected chi connectivity index (χ0v) is 8.82. The van der Waals surface area contributed by atoms with Crippen molar-refractivity contribution in [3.8, 4) is 5.75 Å². The van der Waals surface area contributed by atoms with Gasteiger partial charge in [0.25, 0.3) is 0 Å². The van der Waals surface area contributed by atoms with Crippen LogP contribution in [0.15, 0.2) is 16.6 Å². The molecule has 0 saturated heterocycles. The van der Waals surface area contributed by atoms with Crippen LogP contribution in [-0.2, 0) is 0 Å². The van der Waals surface area contributed by atoms with Crippen LogP contribution in [0.1, 0.15) is 0 Å². The second-order valence-electron chi connectivity index (χ2n) is 2.71. The van der Waals surface area contributed by atoms with Gasteiger partial charge < -0.3 is 9.64 Å². The molecule has 0 saturated carbocycles. The molecule has 0 radical (unpaired) electrons. The number of halogens is 2. The van der Waals surface area contributed by atoms with Gasteiger partial charge in [-0.25, -0.2) is 0 Å². The summed E-state index contributed by atoms with van der Waals surface area (Å²) in [6.07, 6.45) is 0. The van der Waals surface area contributed by atoms with E-state index in [1.165, 1.54) is 0 Å². The van der Waals surface area contributed by atoms with E-state index in [0.717, 1.165) is 15.9 Å². The molecule has 64 valence electrons. The van der Waals surface area contributed by atoms with Crippen LogP contribution in [-0.4, -0.2) is 13.8 Å². The van der Waals surface area contributed by atoms with Crippen molar-refractivity contribution in [2.75, 3.05) is 18.7 Å². The Morgan fingerprint density at radius 1 is 1.58 bits per heavy atom. The average molecular weight is 249 g/mol. The molecule has 0 fully saturated rings. The molecule has 0 aromatic heterocycles. The number of anilines is 1. The number of hydrogen-bond donors (Lipinski definition) is 0. The zero-order chi connectivity index (χ0) is 8.72. The van der Waals surface area contributed by atoms with Gasteiger partial charge in [0, 0.05) is 11.5 Å². The molecule has 0 amide bonds. The number of nitrogens with zero attached hydrogens (tertiary/aromatic N) is 1. The fraction of sp³-hybridized carbons (Fsp3) is 0.250. The van der Waals surface area contributed by atoms with Gasteiger partial charge in [-0.2, -0.15) is 0 Å². The Morgan fingerprint density at radius 3 is 3.08 bits per heavy atom. The third-order valence-corrected chi connectivity index (χ3v) is 2.54. The molecule has 2 nitrogen and oxygen atoms in total. The Kier molecular flexibility index (Phi) is 1.93. The Balaban J connectivity index is 2.60. The second kappa shape index (κ2) is 2.82. The highest BCUT2D eigenvalue weighted by atomic mass is 79.9. The molecule has 1 aliphatic heterocycles. The summed E-state index contributed by atoms with van der Waals surface area (Å²) in [6.45, 7) is 0.575. The molecule has 0 aliphatic carbocycles. The van der Waals surface area contributed by atoms with Crippen molar-refractivity contribution >= 4 is 33.2 Å². The van der Waals surface area contributed by atoms with Gasteiger partial charge in [-0.1, -0.05) is 27.5 Å². The molecule has 4 heteroatoms. The van der Waals surface area contributed by atoms with E-state index in [-0.39, 0.29) is 0 Å². The molecular formula is C8H7BrClNO. The van der Waals surface area contributed by atoms with Crippen molar-refractivity contribution in [1.29, 1.82) is 0 Å². The van der Waals surface area contributed by atoms with Crippen molar-refractivity contribution in [1.82, 2.24) is 0 Å². The lowest BCUT2D eigenvalue weighted by Gasteiger charge is -2.07. The molecule has 0 atom stereocenters. The summed E-state index contributed by atoms with van der Waals surface area (Å²) in [7, 11) is 1.97. The molecule has 0 N–H and O–H groups in total. The molecule has 2 rings (SSSR count). The van der Waals surface area contributed by atoms with Crippen LogP contribution in [0.4, 0.5) is 5.69 Å². The van der Waals surface area contributed by atoms with E-state index in [2.05, 4.69) is 15.9 Å². The summed E-state index contributed by atoms with van der Waals surface area (Å²) in [4.78, 5) is 2.01. The average Bonchev–Trinajstić information content (AvgIpc) is 2.33. The Hall–Kier alpha value is -0.410. The molecule has 0 spiro atoms. The summed E-state index contributed by atoms with van der Waals surface area (Å²) in [5, 5.41) is 0.656. The third kappa shape index (κ3) is 1.17. The number of fused-ring (bicyclic) bond motifs is 1. The predicted molar refractivity (Wildman–Crippen MR) is 53.1 cm³/mol. The van der Waals surface area contributed by atoms with Crippen molar-refractivity contribution in [3.05, 3.63) is 21.6 Å². The smallest absolute Gasteiger partial charge is 0.163 e. The highest BCUT2D eigenvalue weighted by molar-refractivity contribution is 9.10. The first-order chi connectivity index (χ1) is 5.68. The maximum absolute atomic E-state index is 5.96. The molecule has 0 unspecified atom stereocenters. The van der Waals surface area contributed by atoms with Crippen LogP contribution >= 0.6 is 27.5 Å². The van der Waals surface area contributed by atoms with Gasteiger partial charge in [0.1, 0.15) is 0 Å². The standard InChI is InChI=1S/C8H7BrClNO/c1-11-4-12-8-6(10)2-5(9)3-7(8)11/h2-3H,4H2,1H3. The van der Waals surface area contributed by atoms with Crippen LogP contribution in [0, 0.1) is 0 Å². The monoisotopic (exact) mass is 247 g/mol. The Bertz CT molecular complexity index is 329. The lowest BCUT2D eigenvalue weighted by molar-refractivity contribution is 0.353. The Labute approximate surface area is 84.2 Å². The van der Waals surface area contributed by atoms with E-state index in [0.29, 0.717) is 11.8 Å². The first-order valence-corrected chi connectivity index (χ1v) is 4.68. The highest BCUT2D eigenvalue weighted by Gasteiger charge is 2.20. The van der Waals surface area contributed by atoms with Crippen LogP contribution in [0.3, 0.4) is 0 Å². The molecule has 1 aliphatic rings. The maximum Gasteiger partial charge on any atom is 0.163 e. The minimum Gasteiger partial charge on any atom is -0.469 e. The maximum atomic E-state index is 5.96. The molecule has 1 heterocycles. The normalized spacial score (nSPS) is 14.4. The molecule has 1 aromatic rings. The third-order valence-electron chi connectivity index (χ3n) is 1.80. The van der Waals surface area contributed by atoms with Crippen molar-refractivity contribution < 1.29 is 4.74 Å².